The number of para-hydroxylation sites is 1. The Hall–Kier alpha value is -4.33. The third-order valence-corrected chi connectivity index (χ3v) is 7.42. The smallest absolute Gasteiger partial charge is 0.226 e. The fourth-order valence-corrected chi connectivity index (χ4v) is 5.35. The summed E-state index contributed by atoms with van der Waals surface area (Å²) >= 11 is 0. The van der Waals surface area contributed by atoms with Crippen LogP contribution in [0.5, 0.6) is 0 Å². The van der Waals surface area contributed by atoms with Crippen LogP contribution in [0.3, 0.4) is 0 Å². The molecule has 1 fully saturated rings. The van der Waals surface area contributed by atoms with Gasteiger partial charge >= 0.3 is 0 Å². The molecular weight excluding hydrogens is 462 g/mol. The Kier molecular flexibility index (Phi) is 5.79. The second-order valence-electron chi connectivity index (χ2n) is 10.0. The number of rotatable bonds is 5. The molecule has 3 aromatic heterocycles. The van der Waals surface area contributed by atoms with Crippen LogP contribution in [-0.4, -0.2) is 57.3 Å². The standard InChI is InChI=1S/C29H31N7O/c1-34(2)22-9-7-19(8-10-22)17-25(37)35-14-11-20(12-15-35)29-33-26(27-28(30)31-13-16-36(27)29)24-18-21-5-3-4-6-23(21)32-24/h3-10,13,16,18,20,32H,11-12,14-15,17H2,1-2H3,(H2,30,31). The molecule has 37 heavy (non-hydrogen) atoms. The highest BCUT2D eigenvalue weighted by molar-refractivity contribution is 5.91. The van der Waals surface area contributed by atoms with E-state index in [0.29, 0.717) is 12.2 Å². The lowest BCUT2D eigenvalue weighted by Gasteiger charge is -2.31. The largest absolute Gasteiger partial charge is 0.382 e. The summed E-state index contributed by atoms with van der Waals surface area (Å²) in [5.74, 6) is 1.85. The molecule has 1 amide bonds. The van der Waals surface area contributed by atoms with Crippen molar-refractivity contribution in [3.63, 3.8) is 0 Å². The van der Waals surface area contributed by atoms with Crippen molar-refractivity contribution in [2.75, 3.05) is 37.8 Å². The summed E-state index contributed by atoms with van der Waals surface area (Å²) in [5, 5.41) is 1.13. The van der Waals surface area contributed by atoms with Crippen LogP contribution in [0.2, 0.25) is 0 Å². The molecule has 8 heteroatoms. The van der Waals surface area contributed by atoms with Gasteiger partial charge in [0, 0.05) is 62.1 Å². The van der Waals surface area contributed by atoms with Crippen molar-refractivity contribution in [3.8, 4) is 11.4 Å². The summed E-state index contributed by atoms with van der Waals surface area (Å²) in [4.78, 5) is 30.0. The molecule has 0 aliphatic carbocycles. The van der Waals surface area contributed by atoms with E-state index in [2.05, 4.69) is 49.6 Å². The Morgan fingerprint density at radius 3 is 2.59 bits per heavy atom. The highest BCUT2D eigenvalue weighted by atomic mass is 16.2. The van der Waals surface area contributed by atoms with Crippen LogP contribution in [0.15, 0.2) is 67.0 Å². The van der Waals surface area contributed by atoms with E-state index in [1.807, 2.05) is 49.5 Å². The molecule has 0 spiro atoms. The molecule has 4 heterocycles. The van der Waals surface area contributed by atoms with Crippen LogP contribution in [-0.2, 0) is 11.2 Å². The van der Waals surface area contributed by atoms with Gasteiger partial charge in [0.15, 0.2) is 0 Å². The van der Waals surface area contributed by atoms with Crippen molar-refractivity contribution in [3.05, 3.63) is 78.4 Å². The summed E-state index contributed by atoms with van der Waals surface area (Å²) in [6.45, 7) is 1.44. The first-order chi connectivity index (χ1) is 18.0. The van der Waals surface area contributed by atoms with Crippen molar-refractivity contribution >= 4 is 33.8 Å². The number of aromatic nitrogens is 4. The Labute approximate surface area is 215 Å². The third kappa shape index (κ3) is 4.28. The molecule has 2 aromatic carbocycles. The molecular formula is C29H31N7O. The van der Waals surface area contributed by atoms with Crippen molar-refractivity contribution in [2.45, 2.75) is 25.2 Å². The maximum atomic E-state index is 13.0. The molecule has 188 valence electrons. The van der Waals surface area contributed by atoms with Crippen LogP contribution in [0.1, 0.15) is 30.1 Å². The van der Waals surface area contributed by atoms with Gasteiger partial charge in [0.2, 0.25) is 5.91 Å². The SMILES string of the molecule is CN(C)c1ccc(CC(=O)N2CCC(c3nc(-c4cc5ccccc5[nH]4)c4c(N)nccn34)CC2)cc1. The number of benzene rings is 2. The molecule has 6 rings (SSSR count). The zero-order valence-corrected chi connectivity index (χ0v) is 21.2. The first kappa shape index (κ1) is 23.1. The quantitative estimate of drug-likeness (QED) is 0.377. The van der Waals surface area contributed by atoms with E-state index < -0.39 is 0 Å². The van der Waals surface area contributed by atoms with Crippen molar-refractivity contribution in [2.24, 2.45) is 0 Å². The third-order valence-electron chi connectivity index (χ3n) is 7.42. The highest BCUT2D eigenvalue weighted by Crippen LogP contribution is 2.35. The van der Waals surface area contributed by atoms with E-state index in [1.54, 1.807) is 6.20 Å². The predicted octanol–water partition coefficient (Wildman–Crippen LogP) is 4.47. The number of H-pyrrole nitrogens is 1. The zero-order valence-electron chi connectivity index (χ0n) is 21.2. The summed E-state index contributed by atoms with van der Waals surface area (Å²) in [6, 6.07) is 18.5. The fourth-order valence-electron chi connectivity index (χ4n) is 5.35. The minimum atomic E-state index is 0.177. The van der Waals surface area contributed by atoms with Crippen LogP contribution in [0.25, 0.3) is 27.8 Å². The van der Waals surface area contributed by atoms with Gasteiger partial charge in [0.05, 0.1) is 12.1 Å². The van der Waals surface area contributed by atoms with Crippen molar-refractivity contribution in [1.29, 1.82) is 0 Å². The van der Waals surface area contributed by atoms with Crippen LogP contribution < -0.4 is 10.6 Å². The maximum absolute atomic E-state index is 13.0. The summed E-state index contributed by atoms with van der Waals surface area (Å²) in [7, 11) is 4.03. The van der Waals surface area contributed by atoms with Crippen molar-refractivity contribution < 1.29 is 4.79 Å². The average Bonchev–Trinajstić information content (AvgIpc) is 3.52. The molecule has 1 aliphatic rings. The van der Waals surface area contributed by atoms with E-state index in [1.165, 1.54) is 0 Å². The van der Waals surface area contributed by atoms with Gasteiger partial charge in [-0.25, -0.2) is 9.97 Å². The number of nitrogens with zero attached hydrogens (tertiary/aromatic N) is 5. The van der Waals surface area contributed by atoms with E-state index in [4.69, 9.17) is 10.7 Å². The molecule has 1 aliphatic heterocycles. The summed E-state index contributed by atoms with van der Waals surface area (Å²) in [5.41, 5.74) is 12.2. The number of aromatic amines is 1. The number of nitrogen functional groups attached to an aromatic ring is 1. The summed E-state index contributed by atoms with van der Waals surface area (Å²) < 4.78 is 2.08. The van der Waals surface area contributed by atoms with Crippen LogP contribution in [0.4, 0.5) is 11.5 Å². The highest BCUT2D eigenvalue weighted by Gasteiger charge is 2.28. The predicted molar refractivity (Wildman–Crippen MR) is 148 cm³/mol. The number of nitrogens with two attached hydrogens (primary N) is 1. The Bertz CT molecular complexity index is 1540. The lowest BCUT2D eigenvalue weighted by molar-refractivity contribution is -0.131. The first-order valence-electron chi connectivity index (χ1n) is 12.7. The molecule has 0 saturated carbocycles. The van der Waals surface area contributed by atoms with E-state index in [0.717, 1.165) is 70.8 Å². The lowest BCUT2D eigenvalue weighted by Crippen LogP contribution is -2.39. The lowest BCUT2D eigenvalue weighted by atomic mass is 9.95. The van der Waals surface area contributed by atoms with Gasteiger partial charge in [-0.2, -0.15) is 0 Å². The van der Waals surface area contributed by atoms with Gasteiger partial charge in [-0.15, -0.1) is 0 Å². The molecule has 0 unspecified atom stereocenters. The Morgan fingerprint density at radius 1 is 1.11 bits per heavy atom. The van der Waals surface area contributed by atoms with Crippen LogP contribution >= 0.6 is 0 Å². The number of likely N-dealkylation sites (tertiary alicyclic amines) is 1. The Morgan fingerprint density at radius 2 is 1.86 bits per heavy atom. The topological polar surface area (TPSA) is 95.5 Å². The number of carbonyl (C=O) groups is 1. The molecule has 0 atom stereocenters. The van der Waals surface area contributed by atoms with Gasteiger partial charge < -0.3 is 20.5 Å². The van der Waals surface area contributed by atoms with Crippen LogP contribution in [0, 0.1) is 0 Å². The van der Waals surface area contributed by atoms with Gasteiger partial charge in [0.1, 0.15) is 22.9 Å². The van der Waals surface area contributed by atoms with E-state index >= 15 is 0 Å². The minimum Gasteiger partial charge on any atom is -0.382 e. The number of anilines is 2. The molecule has 5 aromatic rings. The molecule has 3 N–H and O–H groups in total. The number of fused-ring (bicyclic) bond motifs is 2. The van der Waals surface area contributed by atoms with E-state index in [9.17, 15) is 4.79 Å². The van der Waals surface area contributed by atoms with Gasteiger partial charge in [-0.05, 0) is 42.7 Å². The number of piperidine rings is 1. The van der Waals surface area contributed by atoms with Gasteiger partial charge in [-0.3, -0.25) is 9.20 Å². The number of imidazole rings is 1. The maximum Gasteiger partial charge on any atom is 0.226 e. The second-order valence-corrected chi connectivity index (χ2v) is 10.0. The Balaban J connectivity index is 1.22. The van der Waals surface area contributed by atoms with Gasteiger partial charge in [-0.1, -0.05) is 30.3 Å². The number of carbonyl (C=O) groups excluding carboxylic acids is 1. The van der Waals surface area contributed by atoms with Gasteiger partial charge in [0.25, 0.3) is 0 Å². The molecule has 0 radical (unpaired) electrons. The monoisotopic (exact) mass is 493 g/mol. The van der Waals surface area contributed by atoms with E-state index in [-0.39, 0.29) is 11.8 Å². The fraction of sp³-hybridized carbons (Fsp3) is 0.276. The molecule has 1 saturated heterocycles. The average molecular weight is 494 g/mol. The second kappa shape index (κ2) is 9.28. The summed E-state index contributed by atoms with van der Waals surface area (Å²) in [6.07, 6.45) is 5.81. The minimum absolute atomic E-state index is 0.177. The normalized spacial score (nSPS) is 14.5. The molecule has 8 nitrogen and oxygen atoms in total. The zero-order chi connectivity index (χ0) is 25.5. The molecule has 0 bridgehead atoms. The number of hydrogen-bond acceptors (Lipinski definition) is 5. The van der Waals surface area contributed by atoms with Crippen molar-refractivity contribution in [1.82, 2.24) is 24.3 Å². The first-order valence-corrected chi connectivity index (χ1v) is 12.7. The number of amides is 1. The number of nitrogens with one attached hydrogen (secondary N) is 1. The number of hydrogen-bond donors (Lipinski definition) is 2.